The number of carbonyl (C=O) groups excluding carboxylic acids is 1. The van der Waals surface area contributed by atoms with Crippen molar-refractivity contribution in [1.82, 2.24) is 24.5 Å². The molecule has 5 rings (SSSR count). The third kappa shape index (κ3) is 4.33. The van der Waals surface area contributed by atoms with Gasteiger partial charge in [0.2, 0.25) is 0 Å². The van der Waals surface area contributed by atoms with Crippen LogP contribution < -0.4 is 0 Å². The number of morpholine rings is 1. The third-order valence-electron chi connectivity index (χ3n) is 6.71. The van der Waals surface area contributed by atoms with Crippen molar-refractivity contribution in [3.05, 3.63) is 35.5 Å². The molecule has 3 aliphatic rings. The summed E-state index contributed by atoms with van der Waals surface area (Å²) in [5, 5.41) is 5.05. The molecule has 2 aromatic rings. The number of fused-ring (bicyclic) bond motifs is 3. The quantitative estimate of drug-likeness (QED) is 0.691. The van der Waals surface area contributed by atoms with Gasteiger partial charge in [0, 0.05) is 54.5 Å². The number of hydrogen-bond acceptors (Lipinski definition) is 6. The van der Waals surface area contributed by atoms with Crippen LogP contribution in [0.1, 0.15) is 34.9 Å². The van der Waals surface area contributed by atoms with Crippen molar-refractivity contribution in [3.63, 3.8) is 0 Å². The molecule has 3 aliphatic heterocycles. The molecule has 1 aromatic carbocycles. The van der Waals surface area contributed by atoms with Crippen LogP contribution in [0.4, 0.5) is 0 Å². The molecule has 0 aliphatic carbocycles. The minimum absolute atomic E-state index is 0.0588. The van der Waals surface area contributed by atoms with E-state index in [1.54, 1.807) is 0 Å². The Balaban J connectivity index is 1.51. The van der Waals surface area contributed by atoms with Gasteiger partial charge in [0.05, 0.1) is 24.9 Å². The molecule has 0 bridgehead atoms. The van der Waals surface area contributed by atoms with E-state index in [1.165, 1.54) is 10.5 Å². The lowest BCUT2D eigenvalue weighted by molar-refractivity contribution is 0.0297. The van der Waals surface area contributed by atoms with Gasteiger partial charge in [-0.2, -0.15) is 5.10 Å². The van der Waals surface area contributed by atoms with Crippen molar-refractivity contribution in [2.45, 2.75) is 29.5 Å². The smallest absolute Gasteiger partial charge is 0.274 e. The number of thioether (sulfide) groups is 1. The van der Waals surface area contributed by atoms with E-state index >= 15 is 0 Å². The van der Waals surface area contributed by atoms with Gasteiger partial charge in [-0.1, -0.05) is 18.2 Å². The second-order valence-corrected chi connectivity index (χ2v) is 10.2. The first-order valence-corrected chi connectivity index (χ1v) is 12.7. The maximum Gasteiger partial charge on any atom is 0.274 e. The first-order chi connectivity index (χ1) is 15.6. The number of hydrogen-bond donors (Lipinski definition) is 0. The SMILES string of the molecule is CN(C)CCN1CCCC(n2nc(C(=O)N3CCOCC3)c3c2-c2ccccc2SC3)C1. The topological polar surface area (TPSA) is 53.8 Å². The molecule has 0 saturated carbocycles. The van der Waals surface area contributed by atoms with Crippen LogP contribution in [0.3, 0.4) is 0 Å². The molecule has 0 spiro atoms. The molecule has 1 aromatic heterocycles. The van der Waals surface area contributed by atoms with E-state index in [9.17, 15) is 4.79 Å². The van der Waals surface area contributed by atoms with Gasteiger partial charge in [-0.15, -0.1) is 11.8 Å². The van der Waals surface area contributed by atoms with Gasteiger partial charge in [0.25, 0.3) is 5.91 Å². The highest BCUT2D eigenvalue weighted by Crippen LogP contribution is 2.44. The zero-order chi connectivity index (χ0) is 22.1. The fourth-order valence-corrected chi connectivity index (χ4v) is 6.03. The normalized spacial score (nSPS) is 21.5. The molecule has 4 heterocycles. The fraction of sp³-hybridized carbons (Fsp3) is 0.583. The lowest BCUT2D eigenvalue weighted by Crippen LogP contribution is -2.41. The number of likely N-dealkylation sites (N-methyl/N-ethyl adjacent to an activating group) is 1. The predicted molar refractivity (Wildman–Crippen MR) is 127 cm³/mol. The van der Waals surface area contributed by atoms with Crippen LogP contribution in [0.2, 0.25) is 0 Å². The Morgan fingerprint density at radius 3 is 2.84 bits per heavy atom. The highest BCUT2D eigenvalue weighted by Gasteiger charge is 2.34. The molecular formula is C24H33N5O2S. The van der Waals surface area contributed by atoms with Gasteiger partial charge < -0.3 is 14.5 Å². The van der Waals surface area contributed by atoms with Crippen LogP contribution in [0, 0.1) is 0 Å². The number of nitrogens with zero attached hydrogens (tertiary/aromatic N) is 5. The van der Waals surface area contributed by atoms with E-state index in [1.807, 2.05) is 16.7 Å². The molecule has 32 heavy (non-hydrogen) atoms. The van der Waals surface area contributed by atoms with Gasteiger partial charge in [0.1, 0.15) is 0 Å². The molecule has 7 nitrogen and oxygen atoms in total. The number of piperidine rings is 1. The maximum absolute atomic E-state index is 13.5. The summed E-state index contributed by atoms with van der Waals surface area (Å²) in [7, 11) is 4.26. The second kappa shape index (κ2) is 9.55. The molecule has 0 N–H and O–H groups in total. The summed E-state index contributed by atoms with van der Waals surface area (Å²) in [5.74, 6) is 0.859. The monoisotopic (exact) mass is 455 g/mol. The summed E-state index contributed by atoms with van der Waals surface area (Å²) in [6.45, 7) is 6.76. The predicted octanol–water partition coefficient (Wildman–Crippen LogP) is 2.83. The summed E-state index contributed by atoms with van der Waals surface area (Å²) in [4.78, 5) is 21.5. The molecule has 1 atom stereocenters. The minimum atomic E-state index is 0.0588. The molecule has 2 saturated heterocycles. The molecule has 2 fully saturated rings. The standard InChI is InChI=1S/C24H33N5O2S/c1-26(2)10-11-27-9-5-6-18(16-27)29-23-19-7-3-4-8-21(19)32-17-20(23)22(25-29)24(30)28-12-14-31-15-13-28/h3-4,7-8,18H,5-6,9-17H2,1-2H3. The number of amides is 1. The zero-order valence-corrected chi connectivity index (χ0v) is 19.9. The lowest BCUT2D eigenvalue weighted by atomic mass is 10.0. The Morgan fingerprint density at radius 1 is 1.22 bits per heavy atom. The van der Waals surface area contributed by atoms with Crippen LogP contribution in [0.5, 0.6) is 0 Å². The average Bonchev–Trinajstić information content (AvgIpc) is 3.23. The van der Waals surface area contributed by atoms with Gasteiger partial charge in [-0.3, -0.25) is 14.4 Å². The third-order valence-corrected chi connectivity index (χ3v) is 7.81. The number of rotatable bonds is 5. The van der Waals surface area contributed by atoms with Gasteiger partial charge in [-0.05, 0) is 39.5 Å². The van der Waals surface area contributed by atoms with Crippen LogP contribution in [0.15, 0.2) is 29.2 Å². The van der Waals surface area contributed by atoms with E-state index in [0.717, 1.165) is 56.0 Å². The number of carbonyl (C=O) groups is 1. The molecule has 0 radical (unpaired) electrons. The number of ether oxygens (including phenoxy) is 1. The average molecular weight is 456 g/mol. The minimum Gasteiger partial charge on any atom is -0.378 e. The summed E-state index contributed by atoms with van der Waals surface area (Å²) < 4.78 is 7.68. The van der Waals surface area contributed by atoms with Crippen molar-refractivity contribution in [3.8, 4) is 11.3 Å². The van der Waals surface area contributed by atoms with Crippen molar-refractivity contribution in [2.75, 3.05) is 66.6 Å². The van der Waals surface area contributed by atoms with E-state index in [4.69, 9.17) is 9.84 Å². The zero-order valence-electron chi connectivity index (χ0n) is 19.1. The summed E-state index contributed by atoms with van der Waals surface area (Å²) in [6, 6.07) is 8.87. The van der Waals surface area contributed by atoms with E-state index in [2.05, 4.69) is 52.8 Å². The summed E-state index contributed by atoms with van der Waals surface area (Å²) >= 11 is 1.82. The number of likely N-dealkylation sites (tertiary alicyclic amines) is 1. The van der Waals surface area contributed by atoms with E-state index in [-0.39, 0.29) is 5.91 Å². The van der Waals surface area contributed by atoms with Crippen LogP contribution in [-0.2, 0) is 10.5 Å². The Morgan fingerprint density at radius 2 is 2.03 bits per heavy atom. The van der Waals surface area contributed by atoms with Gasteiger partial charge >= 0.3 is 0 Å². The lowest BCUT2D eigenvalue weighted by Gasteiger charge is -2.34. The van der Waals surface area contributed by atoms with Crippen LogP contribution in [-0.4, -0.2) is 97.0 Å². The molecule has 1 unspecified atom stereocenters. The van der Waals surface area contributed by atoms with Crippen molar-refractivity contribution in [1.29, 1.82) is 0 Å². The van der Waals surface area contributed by atoms with E-state index < -0.39 is 0 Å². The first-order valence-electron chi connectivity index (χ1n) is 11.7. The van der Waals surface area contributed by atoms with Crippen molar-refractivity contribution >= 4 is 17.7 Å². The molecule has 1 amide bonds. The van der Waals surface area contributed by atoms with Gasteiger partial charge in [-0.25, -0.2) is 0 Å². The largest absolute Gasteiger partial charge is 0.378 e. The highest BCUT2D eigenvalue weighted by molar-refractivity contribution is 7.98. The Labute approximate surface area is 194 Å². The second-order valence-electron chi connectivity index (χ2n) is 9.21. The fourth-order valence-electron chi connectivity index (χ4n) is 4.96. The van der Waals surface area contributed by atoms with Crippen LogP contribution >= 0.6 is 11.8 Å². The Hall–Kier alpha value is -1.87. The number of aromatic nitrogens is 2. The van der Waals surface area contributed by atoms with Crippen LogP contribution in [0.25, 0.3) is 11.3 Å². The molecule has 8 heteroatoms. The Bertz CT molecular complexity index is 969. The summed E-state index contributed by atoms with van der Waals surface area (Å²) in [5.41, 5.74) is 4.14. The Kier molecular flexibility index (Phi) is 6.55. The van der Waals surface area contributed by atoms with Crippen molar-refractivity contribution in [2.24, 2.45) is 0 Å². The maximum atomic E-state index is 13.5. The first kappa shape index (κ1) is 21.9. The summed E-state index contributed by atoms with van der Waals surface area (Å²) in [6.07, 6.45) is 2.27. The van der Waals surface area contributed by atoms with E-state index in [0.29, 0.717) is 38.0 Å². The van der Waals surface area contributed by atoms with Gasteiger partial charge in [0.15, 0.2) is 5.69 Å². The molecule has 172 valence electrons. The number of benzene rings is 1. The highest BCUT2D eigenvalue weighted by atomic mass is 32.2. The molecular weight excluding hydrogens is 422 g/mol. The van der Waals surface area contributed by atoms with Crippen molar-refractivity contribution < 1.29 is 9.53 Å².